The molecule has 6 heteroatoms. The van der Waals surface area contributed by atoms with Gasteiger partial charge in [0.15, 0.2) is 5.82 Å². The van der Waals surface area contributed by atoms with Crippen LogP contribution in [0.25, 0.3) is 11.4 Å². The summed E-state index contributed by atoms with van der Waals surface area (Å²) < 4.78 is 0.884. The first-order valence-electron chi connectivity index (χ1n) is 5.73. The Balaban J connectivity index is 2.52. The number of hydrogen-bond donors (Lipinski definition) is 1. The number of aromatic hydroxyl groups is 1. The summed E-state index contributed by atoms with van der Waals surface area (Å²) in [5, 5.41) is 10.1. The van der Waals surface area contributed by atoms with E-state index in [0.29, 0.717) is 11.0 Å². The zero-order chi connectivity index (χ0) is 14.0. The quantitative estimate of drug-likeness (QED) is 0.590. The number of aryl methyl sites for hydroxylation is 1. The minimum Gasteiger partial charge on any atom is -0.506 e. The van der Waals surface area contributed by atoms with Gasteiger partial charge in [0.05, 0.1) is 14.3 Å². The van der Waals surface area contributed by atoms with Crippen LogP contribution in [0.5, 0.6) is 5.75 Å². The van der Waals surface area contributed by atoms with Crippen molar-refractivity contribution in [3.63, 3.8) is 0 Å². The van der Waals surface area contributed by atoms with Gasteiger partial charge in [-0.2, -0.15) is 0 Å². The van der Waals surface area contributed by atoms with E-state index in [1.54, 1.807) is 12.1 Å². The second-order valence-electron chi connectivity index (χ2n) is 4.01. The summed E-state index contributed by atoms with van der Waals surface area (Å²) in [5.41, 5.74) is 1.67. The van der Waals surface area contributed by atoms with E-state index in [0.717, 1.165) is 27.7 Å². The van der Waals surface area contributed by atoms with Crippen LogP contribution >= 0.6 is 45.8 Å². The first-order valence-corrected chi connectivity index (χ1v) is 7.57. The lowest BCUT2D eigenvalue weighted by Crippen LogP contribution is -2.00. The highest BCUT2D eigenvalue weighted by atomic mass is 127. The van der Waals surface area contributed by atoms with E-state index in [2.05, 4.69) is 39.5 Å². The fraction of sp³-hybridized carbons (Fsp3) is 0.231. The molecule has 0 radical (unpaired) electrons. The zero-order valence-electron chi connectivity index (χ0n) is 10.1. The summed E-state index contributed by atoms with van der Waals surface area (Å²) in [5.74, 6) is 0.562. The Hall–Kier alpha value is -0.590. The maximum atomic E-state index is 9.43. The molecule has 1 aromatic carbocycles. The first kappa shape index (κ1) is 14.8. The van der Waals surface area contributed by atoms with Crippen molar-refractivity contribution < 1.29 is 5.11 Å². The van der Waals surface area contributed by atoms with Gasteiger partial charge in [-0.1, -0.05) is 36.5 Å². The van der Waals surface area contributed by atoms with Crippen molar-refractivity contribution in [2.75, 3.05) is 0 Å². The lowest BCUT2D eigenvalue weighted by Gasteiger charge is -2.08. The minimum absolute atomic E-state index is 0.0378. The molecule has 100 valence electrons. The number of hydrogen-bond acceptors (Lipinski definition) is 3. The van der Waals surface area contributed by atoms with E-state index in [9.17, 15) is 5.11 Å². The molecule has 0 aliphatic heterocycles. The lowest BCUT2D eigenvalue weighted by atomic mass is 10.2. The summed E-state index contributed by atoms with van der Waals surface area (Å²) in [6.45, 7) is 2.09. The maximum absolute atomic E-state index is 9.43. The fourth-order valence-corrected chi connectivity index (χ4v) is 2.52. The van der Waals surface area contributed by atoms with E-state index >= 15 is 0 Å². The fourth-order valence-electron chi connectivity index (χ4n) is 1.64. The third-order valence-electron chi connectivity index (χ3n) is 2.57. The lowest BCUT2D eigenvalue weighted by molar-refractivity contribution is 0.475. The van der Waals surface area contributed by atoms with Crippen LogP contribution in [0.15, 0.2) is 18.2 Å². The molecule has 0 amide bonds. The van der Waals surface area contributed by atoms with Gasteiger partial charge in [-0.25, -0.2) is 9.97 Å². The molecule has 1 heterocycles. The number of phenols is 1. The number of nitrogens with zero attached hydrogens (tertiary/aromatic N) is 2. The zero-order valence-corrected chi connectivity index (χ0v) is 13.8. The van der Waals surface area contributed by atoms with Gasteiger partial charge in [-0.3, -0.25) is 0 Å². The number of benzene rings is 1. The summed E-state index contributed by atoms with van der Waals surface area (Å²) in [7, 11) is 0. The minimum atomic E-state index is 0.0378. The van der Waals surface area contributed by atoms with Crippen LogP contribution in [0.1, 0.15) is 19.0 Å². The van der Waals surface area contributed by atoms with Gasteiger partial charge in [0.1, 0.15) is 10.9 Å². The van der Waals surface area contributed by atoms with Gasteiger partial charge in [-0.15, -0.1) is 0 Å². The predicted molar refractivity (Wildman–Crippen MR) is 85.9 cm³/mol. The van der Waals surface area contributed by atoms with Crippen molar-refractivity contribution in [2.24, 2.45) is 0 Å². The van der Waals surface area contributed by atoms with Crippen LogP contribution in [-0.4, -0.2) is 15.1 Å². The molecule has 0 unspecified atom stereocenters. The molecule has 0 atom stereocenters. The second-order valence-corrected chi connectivity index (χ2v) is 5.86. The molecule has 0 bridgehead atoms. The number of rotatable bonds is 3. The second kappa shape index (κ2) is 6.24. The van der Waals surface area contributed by atoms with Crippen LogP contribution in [0, 0.1) is 3.57 Å². The SMILES string of the molecule is CCCc1nc(-c2ccc(O)c(Cl)c2)nc(Cl)c1I. The molecule has 1 aromatic heterocycles. The highest BCUT2D eigenvalue weighted by Gasteiger charge is 2.12. The third-order valence-corrected chi connectivity index (χ3v) is 4.60. The van der Waals surface area contributed by atoms with Crippen LogP contribution in [0.4, 0.5) is 0 Å². The molecular formula is C13H11Cl2IN2O. The van der Waals surface area contributed by atoms with Crippen molar-refractivity contribution in [1.29, 1.82) is 0 Å². The van der Waals surface area contributed by atoms with Crippen molar-refractivity contribution in [3.8, 4) is 17.1 Å². The summed E-state index contributed by atoms with van der Waals surface area (Å²) in [6, 6.07) is 4.87. The first-order chi connectivity index (χ1) is 9.02. The molecule has 3 nitrogen and oxygen atoms in total. The molecule has 2 aromatic rings. The molecular weight excluding hydrogens is 398 g/mol. The average Bonchev–Trinajstić information content (AvgIpc) is 2.38. The van der Waals surface area contributed by atoms with Gasteiger partial charge in [0, 0.05) is 5.56 Å². The molecule has 1 N–H and O–H groups in total. The van der Waals surface area contributed by atoms with E-state index in [1.807, 2.05) is 0 Å². The van der Waals surface area contributed by atoms with Gasteiger partial charge in [0.25, 0.3) is 0 Å². The Labute approximate surface area is 135 Å². The van der Waals surface area contributed by atoms with Gasteiger partial charge < -0.3 is 5.11 Å². The van der Waals surface area contributed by atoms with Crippen molar-refractivity contribution in [3.05, 3.63) is 37.6 Å². The van der Waals surface area contributed by atoms with E-state index in [-0.39, 0.29) is 10.8 Å². The van der Waals surface area contributed by atoms with Crippen LogP contribution in [0.2, 0.25) is 10.2 Å². The van der Waals surface area contributed by atoms with Crippen molar-refractivity contribution >= 4 is 45.8 Å². The molecule has 2 rings (SSSR count). The maximum Gasteiger partial charge on any atom is 0.161 e. The van der Waals surface area contributed by atoms with E-state index in [4.69, 9.17) is 23.2 Å². The molecule has 19 heavy (non-hydrogen) atoms. The topological polar surface area (TPSA) is 46.0 Å². The Morgan fingerprint density at radius 2 is 2.00 bits per heavy atom. The Kier molecular flexibility index (Phi) is 4.86. The summed E-state index contributed by atoms with van der Waals surface area (Å²) in [6.07, 6.45) is 1.83. The highest BCUT2D eigenvalue weighted by Crippen LogP contribution is 2.30. The largest absolute Gasteiger partial charge is 0.506 e. The number of phenolic OH excluding ortho intramolecular Hbond substituents is 1. The average molecular weight is 409 g/mol. The van der Waals surface area contributed by atoms with E-state index < -0.39 is 0 Å². The number of aromatic nitrogens is 2. The van der Waals surface area contributed by atoms with Crippen LogP contribution in [0.3, 0.4) is 0 Å². The molecule has 0 aliphatic rings. The predicted octanol–water partition coefficient (Wildman–Crippen LogP) is 4.71. The van der Waals surface area contributed by atoms with Crippen molar-refractivity contribution in [2.45, 2.75) is 19.8 Å². The molecule has 0 spiro atoms. The molecule has 0 saturated carbocycles. The summed E-state index contributed by atoms with van der Waals surface area (Å²) >= 11 is 14.2. The normalized spacial score (nSPS) is 10.7. The van der Waals surface area contributed by atoms with Crippen molar-refractivity contribution in [1.82, 2.24) is 9.97 Å². The highest BCUT2D eigenvalue weighted by molar-refractivity contribution is 14.1. The van der Waals surface area contributed by atoms with Gasteiger partial charge in [0.2, 0.25) is 0 Å². The smallest absolute Gasteiger partial charge is 0.161 e. The molecule has 0 fully saturated rings. The number of halogens is 3. The van der Waals surface area contributed by atoms with Gasteiger partial charge >= 0.3 is 0 Å². The standard InChI is InChI=1S/C13H11Cl2IN2O/c1-2-3-9-11(16)12(15)18-13(17-9)7-4-5-10(19)8(14)6-7/h4-6,19H,2-3H2,1H3. The van der Waals surface area contributed by atoms with Gasteiger partial charge in [-0.05, 0) is 47.2 Å². The van der Waals surface area contributed by atoms with Crippen LogP contribution < -0.4 is 0 Å². The Bertz CT molecular complexity index is 620. The van der Waals surface area contributed by atoms with Crippen LogP contribution in [-0.2, 0) is 6.42 Å². The monoisotopic (exact) mass is 408 g/mol. The third kappa shape index (κ3) is 3.30. The molecule has 0 saturated heterocycles. The Morgan fingerprint density at radius 3 is 2.63 bits per heavy atom. The Morgan fingerprint density at radius 1 is 1.26 bits per heavy atom. The summed E-state index contributed by atoms with van der Waals surface area (Å²) in [4.78, 5) is 8.78. The molecule has 0 aliphatic carbocycles. The van der Waals surface area contributed by atoms with E-state index in [1.165, 1.54) is 6.07 Å².